The van der Waals surface area contributed by atoms with Gasteiger partial charge in [-0.3, -0.25) is 37.3 Å². The van der Waals surface area contributed by atoms with Crippen LogP contribution < -0.4 is 0 Å². The van der Waals surface area contributed by atoms with Gasteiger partial charge in [-0.05, 0) is 51.4 Å². The van der Waals surface area contributed by atoms with Crippen molar-refractivity contribution in [3.8, 4) is 0 Å². The van der Waals surface area contributed by atoms with Crippen LogP contribution in [0.1, 0.15) is 349 Å². The third-order valence-electron chi connectivity index (χ3n) is 16.0. The van der Waals surface area contributed by atoms with Crippen molar-refractivity contribution < 1.29 is 80.2 Å². The Bertz CT molecular complexity index is 1820. The summed E-state index contributed by atoms with van der Waals surface area (Å²) in [4.78, 5) is 72.5. The Balaban J connectivity index is 5.27. The highest BCUT2D eigenvalue weighted by atomic mass is 31.2. The second kappa shape index (κ2) is 65.2. The van der Waals surface area contributed by atoms with E-state index in [2.05, 4.69) is 52.0 Å². The molecule has 0 radical (unpaired) electrons. The van der Waals surface area contributed by atoms with Crippen molar-refractivity contribution in [2.75, 3.05) is 39.6 Å². The van der Waals surface area contributed by atoms with Gasteiger partial charge in [-0.25, -0.2) is 9.13 Å². The number of aliphatic hydroxyl groups is 1. The molecule has 19 heteroatoms. The zero-order valence-electron chi connectivity index (χ0n) is 57.6. The van der Waals surface area contributed by atoms with Gasteiger partial charge in [0.1, 0.15) is 19.3 Å². The number of esters is 4. The highest BCUT2D eigenvalue weighted by Crippen LogP contribution is 2.45. The Hall–Kier alpha value is -2.46. The van der Waals surface area contributed by atoms with Gasteiger partial charge >= 0.3 is 39.5 Å². The molecule has 17 nitrogen and oxygen atoms in total. The first-order chi connectivity index (χ1) is 43.7. The summed E-state index contributed by atoms with van der Waals surface area (Å²) in [5.41, 5.74) is 0. The average molecular weight is 1320 g/mol. The predicted molar refractivity (Wildman–Crippen MR) is 363 cm³/mol. The molecule has 5 atom stereocenters. The molecule has 0 aromatic heterocycles. The molecule has 0 saturated carbocycles. The summed E-state index contributed by atoms with van der Waals surface area (Å²) in [6.45, 7) is 4.87. The first-order valence-electron chi connectivity index (χ1n) is 36.6. The first kappa shape index (κ1) is 87.5. The number of phosphoric ester groups is 2. The largest absolute Gasteiger partial charge is 0.472 e. The van der Waals surface area contributed by atoms with Crippen LogP contribution in [0.5, 0.6) is 0 Å². The Morgan fingerprint density at radius 1 is 0.311 bits per heavy atom. The van der Waals surface area contributed by atoms with Crippen LogP contribution >= 0.6 is 15.6 Å². The van der Waals surface area contributed by atoms with Crippen molar-refractivity contribution in [1.82, 2.24) is 0 Å². The van der Waals surface area contributed by atoms with E-state index >= 15 is 0 Å². The molecular formula is C71H134O17P2. The highest BCUT2D eigenvalue weighted by Gasteiger charge is 2.30. The second-order valence-corrected chi connectivity index (χ2v) is 27.8. The van der Waals surface area contributed by atoms with Crippen LogP contribution in [-0.2, 0) is 65.4 Å². The molecule has 0 spiro atoms. The number of hydrogen-bond acceptors (Lipinski definition) is 15. The van der Waals surface area contributed by atoms with Crippen LogP contribution in [0.3, 0.4) is 0 Å². The fourth-order valence-corrected chi connectivity index (χ4v) is 11.9. The Kier molecular flexibility index (Phi) is 63.4. The van der Waals surface area contributed by atoms with E-state index < -0.39 is 97.5 Å². The molecule has 0 rings (SSSR count). The number of ether oxygens (including phenoxy) is 4. The zero-order valence-corrected chi connectivity index (χ0v) is 59.4. The van der Waals surface area contributed by atoms with Gasteiger partial charge in [0, 0.05) is 25.7 Å². The lowest BCUT2D eigenvalue weighted by molar-refractivity contribution is -0.161. The molecule has 3 N–H and O–H groups in total. The van der Waals surface area contributed by atoms with E-state index in [-0.39, 0.29) is 25.7 Å². The molecule has 0 heterocycles. The lowest BCUT2D eigenvalue weighted by Gasteiger charge is -2.21. The number of allylic oxidation sites excluding steroid dienone is 4. The molecule has 0 aromatic rings. The lowest BCUT2D eigenvalue weighted by atomic mass is 10.0. The van der Waals surface area contributed by atoms with Crippen LogP contribution in [0, 0.1) is 0 Å². The summed E-state index contributed by atoms with van der Waals surface area (Å²) in [6, 6.07) is 0. The summed E-state index contributed by atoms with van der Waals surface area (Å²) in [7, 11) is -9.91. The minimum Gasteiger partial charge on any atom is -0.462 e. The van der Waals surface area contributed by atoms with Gasteiger partial charge < -0.3 is 33.8 Å². The lowest BCUT2D eigenvalue weighted by Crippen LogP contribution is -2.30. The van der Waals surface area contributed by atoms with E-state index in [9.17, 15) is 43.2 Å². The van der Waals surface area contributed by atoms with Crippen LogP contribution in [-0.4, -0.2) is 96.7 Å². The Labute approximate surface area is 548 Å². The number of aliphatic hydroxyl groups excluding tert-OH is 1. The third-order valence-corrected chi connectivity index (χ3v) is 17.9. The summed E-state index contributed by atoms with van der Waals surface area (Å²) >= 11 is 0. The molecule has 2 unspecified atom stereocenters. The third kappa shape index (κ3) is 64.3. The normalized spacial score (nSPS) is 14.2. The van der Waals surface area contributed by atoms with E-state index in [4.69, 9.17) is 37.0 Å². The fourth-order valence-electron chi connectivity index (χ4n) is 10.3. The molecule has 0 saturated heterocycles. The van der Waals surface area contributed by atoms with E-state index in [1.54, 1.807) is 0 Å². The van der Waals surface area contributed by atoms with Gasteiger partial charge in [0.15, 0.2) is 12.2 Å². The Morgan fingerprint density at radius 2 is 0.533 bits per heavy atom. The van der Waals surface area contributed by atoms with Crippen molar-refractivity contribution >= 4 is 39.5 Å². The van der Waals surface area contributed by atoms with E-state index in [1.165, 1.54) is 167 Å². The van der Waals surface area contributed by atoms with Gasteiger partial charge in [-0.1, -0.05) is 296 Å². The fraction of sp³-hybridized carbons (Fsp3) is 0.887. The van der Waals surface area contributed by atoms with Crippen molar-refractivity contribution in [3.05, 3.63) is 24.3 Å². The number of carbonyl (C=O) groups excluding carboxylic acids is 4. The SMILES string of the molecule is CCCCCC/C=C\C=C/CCCCCCCC(=O)O[C@H](COC(=O)CCCCCCCCCCCCCCCCC)COP(=O)(O)OC[C@@H](O)COP(=O)(O)OC[C@@H](COC(=O)CCCCCCCCCCC)OC(=O)CCCCCCCCCCCCC. The molecule has 530 valence electrons. The van der Waals surface area contributed by atoms with Crippen LogP contribution in [0.4, 0.5) is 0 Å². The summed E-state index contributed by atoms with van der Waals surface area (Å²) in [6.07, 6.45) is 56.2. The number of carbonyl (C=O) groups is 4. The Morgan fingerprint density at radius 3 is 0.811 bits per heavy atom. The number of hydrogen-bond donors (Lipinski definition) is 3. The summed E-state index contributed by atoms with van der Waals surface area (Å²) < 4.78 is 68.2. The summed E-state index contributed by atoms with van der Waals surface area (Å²) in [5.74, 6) is -2.15. The molecular weight excluding hydrogens is 1190 g/mol. The molecule has 0 aliphatic heterocycles. The van der Waals surface area contributed by atoms with Crippen LogP contribution in [0.15, 0.2) is 24.3 Å². The maximum atomic E-state index is 13.0. The predicted octanol–water partition coefficient (Wildman–Crippen LogP) is 20.2. The van der Waals surface area contributed by atoms with Crippen molar-refractivity contribution in [1.29, 1.82) is 0 Å². The molecule has 0 aliphatic rings. The molecule has 0 aliphatic carbocycles. The zero-order chi connectivity index (χ0) is 66.1. The van der Waals surface area contributed by atoms with Gasteiger partial charge in [0.05, 0.1) is 26.4 Å². The molecule has 0 fully saturated rings. The number of unbranched alkanes of at least 4 members (excludes halogenated alkanes) is 41. The molecule has 0 bridgehead atoms. The van der Waals surface area contributed by atoms with Gasteiger partial charge in [0.25, 0.3) is 0 Å². The van der Waals surface area contributed by atoms with Gasteiger partial charge in [-0.2, -0.15) is 0 Å². The topological polar surface area (TPSA) is 237 Å². The highest BCUT2D eigenvalue weighted by molar-refractivity contribution is 7.47. The smallest absolute Gasteiger partial charge is 0.462 e. The van der Waals surface area contributed by atoms with Crippen LogP contribution in [0.25, 0.3) is 0 Å². The minimum absolute atomic E-state index is 0.0859. The molecule has 0 aromatic carbocycles. The minimum atomic E-state index is -4.96. The number of rotatable bonds is 70. The van der Waals surface area contributed by atoms with E-state index in [0.29, 0.717) is 25.7 Å². The quantitative estimate of drug-likeness (QED) is 0.0169. The van der Waals surface area contributed by atoms with Crippen molar-refractivity contribution in [2.24, 2.45) is 0 Å². The van der Waals surface area contributed by atoms with Crippen LogP contribution in [0.2, 0.25) is 0 Å². The molecule has 90 heavy (non-hydrogen) atoms. The van der Waals surface area contributed by atoms with E-state index in [0.717, 1.165) is 103 Å². The maximum Gasteiger partial charge on any atom is 0.472 e. The van der Waals surface area contributed by atoms with Crippen molar-refractivity contribution in [2.45, 2.75) is 367 Å². The van der Waals surface area contributed by atoms with Gasteiger partial charge in [0.2, 0.25) is 0 Å². The maximum absolute atomic E-state index is 13.0. The summed E-state index contributed by atoms with van der Waals surface area (Å²) in [5, 5.41) is 10.6. The van der Waals surface area contributed by atoms with Crippen molar-refractivity contribution in [3.63, 3.8) is 0 Å². The average Bonchev–Trinajstić information content (AvgIpc) is 3.67. The molecule has 0 amide bonds. The van der Waals surface area contributed by atoms with Gasteiger partial charge in [-0.15, -0.1) is 0 Å². The van der Waals surface area contributed by atoms with E-state index in [1.807, 2.05) is 0 Å². The standard InChI is InChI=1S/C71H134O17P2/c1-5-9-13-17-21-25-28-30-32-34-37-40-44-48-52-56-69(74)82-62-67(88-71(76)58-54-50-46-42-38-35-33-31-29-26-22-18-14-10-6-2)64-86-90(79,80)84-60-65(72)59-83-89(77,78)85-63-66(61-81-68(73)55-51-47-43-39-24-20-16-12-8-4)87-70(75)57-53-49-45-41-36-27-23-19-15-11-7-3/h26,29,31,33,65-67,72H,5-25,27-28,30,32,34-64H2,1-4H3,(H,77,78)(H,79,80)/b29-26-,33-31-/t65-,66+,67+/m0/s1. The number of phosphoric acid groups is 2. The first-order valence-corrected chi connectivity index (χ1v) is 39.6. The second-order valence-electron chi connectivity index (χ2n) is 24.9. The monoisotopic (exact) mass is 1320 g/mol.